The first kappa shape index (κ1) is 13.4. The summed E-state index contributed by atoms with van der Waals surface area (Å²) in [4.78, 5) is 15.8. The predicted molar refractivity (Wildman–Crippen MR) is 74.6 cm³/mol. The summed E-state index contributed by atoms with van der Waals surface area (Å²) in [6.45, 7) is 2.57. The van der Waals surface area contributed by atoms with Gasteiger partial charge in [0.2, 0.25) is 5.91 Å². The van der Waals surface area contributed by atoms with Crippen molar-refractivity contribution in [1.29, 1.82) is 0 Å². The summed E-state index contributed by atoms with van der Waals surface area (Å²) in [6, 6.07) is 7.45. The van der Waals surface area contributed by atoms with Gasteiger partial charge in [-0.25, -0.2) is 0 Å². The molecule has 4 nitrogen and oxygen atoms in total. The van der Waals surface area contributed by atoms with Gasteiger partial charge >= 0.3 is 0 Å². The normalized spacial score (nSPS) is 24.6. The van der Waals surface area contributed by atoms with Crippen LogP contribution in [0.1, 0.15) is 6.92 Å². The SMILES string of the molecule is CC1CN(c2cccc(Br)c2)C(CO)C(=O)N1C. The molecule has 1 N–H and O–H groups in total. The molecular weight excluding hydrogens is 296 g/mol. The highest BCUT2D eigenvalue weighted by Gasteiger charge is 2.36. The molecule has 98 valence electrons. The maximum atomic E-state index is 12.1. The van der Waals surface area contributed by atoms with Crippen molar-refractivity contribution in [3.8, 4) is 0 Å². The Morgan fingerprint density at radius 2 is 2.22 bits per heavy atom. The third-order valence-corrected chi connectivity index (χ3v) is 3.94. The predicted octanol–water partition coefficient (Wildman–Crippen LogP) is 1.48. The number of aliphatic hydroxyl groups is 1. The van der Waals surface area contributed by atoms with Crippen LogP contribution in [0.5, 0.6) is 0 Å². The van der Waals surface area contributed by atoms with Crippen molar-refractivity contribution in [3.05, 3.63) is 28.7 Å². The molecule has 2 rings (SSSR count). The van der Waals surface area contributed by atoms with Gasteiger partial charge in [0.1, 0.15) is 6.04 Å². The molecule has 0 spiro atoms. The molecule has 1 saturated heterocycles. The van der Waals surface area contributed by atoms with Gasteiger partial charge in [0.05, 0.1) is 6.61 Å². The smallest absolute Gasteiger partial charge is 0.247 e. The van der Waals surface area contributed by atoms with Gasteiger partial charge in [-0.1, -0.05) is 22.0 Å². The number of nitrogens with zero attached hydrogens (tertiary/aromatic N) is 2. The van der Waals surface area contributed by atoms with Gasteiger partial charge in [0.15, 0.2) is 0 Å². The van der Waals surface area contributed by atoms with E-state index in [2.05, 4.69) is 15.9 Å². The molecule has 1 fully saturated rings. The van der Waals surface area contributed by atoms with E-state index in [1.807, 2.05) is 36.1 Å². The standard InChI is InChI=1S/C13H17BrN2O2/c1-9-7-16(11-5-3-4-10(14)6-11)12(8-17)13(18)15(9)2/h3-6,9,12,17H,7-8H2,1-2H3. The summed E-state index contributed by atoms with van der Waals surface area (Å²) < 4.78 is 0.968. The fraction of sp³-hybridized carbons (Fsp3) is 0.462. The van der Waals surface area contributed by atoms with Crippen molar-refractivity contribution in [1.82, 2.24) is 4.90 Å². The Morgan fingerprint density at radius 3 is 2.83 bits per heavy atom. The Morgan fingerprint density at radius 1 is 1.50 bits per heavy atom. The van der Waals surface area contributed by atoms with E-state index in [0.29, 0.717) is 0 Å². The van der Waals surface area contributed by atoms with Crippen LogP contribution in [0.25, 0.3) is 0 Å². The monoisotopic (exact) mass is 312 g/mol. The molecular formula is C13H17BrN2O2. The topological polar surface area (TPSA) is 43.8 Å². The number of hydrogen-bond donors (Lipinski definition) is 1. The van der Waals surface area contributed by atoms with E-state index in [0.717, 1.165) is 16.7 Å². The third kappa shape index (κ3) is 2.37. The van der Waals surface area contributed by atoms with Crippen LogP contribution in [0.15, 0.2) is 28.7 Å². The molecule has 5 heteroatoms. The van der Waals surface area contributed by atoms with Crippen molar-refractivity contribution in [2.75, 3.05) is 25.1 Å². The number of halogens is 1. The Hall–Kier alpha value is -1.07. The number of hydrogen-bond acceptors (Lipinski definition) is 3. The molecule has 0 saturated carbocycles. The summed E-state index contributed by atoms with van der Waals surface area (Å²) in [5, 5.41) is 9.47. The van der Waals surface area contributed by atoms with Gasteiger partial charge in [-0.3, -0.25) is 4.79 Å². The number of anilines is 1. The molecule has 1 amide bonds. The lowest BCUT2D eigenvalue weighted by molar-refractivity contribution is -0.136. The molecule has 2 atom stereocenters. The van der Waals surface area contributed by atoms with Gasteiger partial charge in [0.25, 0.3) is 0 Å². The Labute approximate surface area is 115 Å². The lowest BCUT2D eigenvalue weighted by atomic mass is 10.1. The fourth-order valence-electron chi connectivity index (χ4n) is 2.24. The number of likely N-dealkylation sites (N-methyl/N-ethyl adjacent to an activating group) is 1. The molecule has 2 unspecified atom stereocenters. The minimum absolute atomic E-state index is 0.0313. The highest BCUT2D eigenvalue weighted by atomic mass is 79.9. The third-order valence-electron chi connectivity index (χ3n) is 3.44. The largest absolute Gasteiger partial charge is 0.394 e. The van der Waals surface area contributed by atoms with Crippen molar-refractivity contribution in [2.45, 2.75) is 19.0 Å². The maximum absolute atomic E-state index is 12.1. The summed E-state index contributed by atoms with van der Waals surface area (Å²) >= 11 is 3.43. The minimum Gasteiger partial charge on any atom is -0.394 e. The number of carbonyl (C=O) groups is 1. The van der Waals surface area contributed by atoms with Crippen LogP contribution in [0.4, 0.5) is 5.69 Å². The van der Waals surface area contributed by atoms with E-state index >= 15 is 0 Å². The molecule has 18 heavy (non-hydrogen) atoms. The van der Waals surface area contributed by atoms with Crippen molar-refractivity contribution in [2.24, 2.45) is 0 Å². The average Bonchev–Trinajstić information content (AvgIpc) is 2.35. The Kier molecular flexibility index (Phi) is 3.92. The first-order valence-corrected chi connectivity index (χ1v) is 6.73. The average molecular weight is 313 g/mol. The highest BCUT2D eigenvalue weighted by Crippen LogP contribution is 2.25. The van der Waals surface area contributed by atoms with Crippen LogP contribution in [0.3, 0.4) is 0 Å². The van der Waals surface area contributed by atoms with E-state index in [1.165, 1.54) is 0 Å². The minimum atomic E-state index is -0.486. The molecule has 0 radical (unpaired) electrons. The van der Waals surface area contributed by atoms with Crippen molar-refractivity contribution >= 4 is 27.5 Å². The van der Waals surface area contributed by atoms with Crippen LogP contribution in [-0.4, -0.2) is 48.2 Å². The number of piperazine rings is 1. The van der Waals surface area contributed by atoms with E-state index in [9.17, 15) is 9.90 Å². The summed E-state index contributed by atoms with van der Waals surface area (Å²) in [6.07, 6.45) is 0. The Balaban J connectivity index is 2.33. The van der Waals surface area contributed by atoms with Crippen LogP contribution in [-0.2, 0) is 4.79 Å². The second-order valence-electron chi connectivity index (χ2n) is 4.63. The number of amides is 1. The van der Waals surface area contributed by atoms with Gasteiger partial charge in [-0.2, -0.15) is 0 Å². The van der Waals surface area contributed by atoms with Crippen LogP contribution in [0, 0.1) is 0 Å². The fourth-order valence-corrected chi connectivity index (χ4v) is 2.62. The van der Waals surface area contributed by atoms with Gasteiger partial charge in [0, 0.05) is 29.8 Å². The van der Waals surface area contributed by atoms with Gasteiger partial charge in [-0.15, -0.1) is 0 Å². The molecule has 1 aromatic carbocycles. The molecule has 1 aromatic rings. The van der Waals surface area contributed by atoms with Crippen molar-refractivity contribution < 1.29 is 9.90 Å². The summed E-state index contributed by atoms with van der Waals surface area (Å²) in [5.41, 5.74) is 0.955. The number of aliphatic hydroxyl groups excluding tert-OH is 1. The highest BCUT2D eigenvalue weighted by molar-refractivity contribution is 9.10. The lowest BCUT2D eigenvalue weighted by Crippen LogP contribution is -2.61. The van der Waals surface area contributed by atoms with E-state index in [-0.39, 0.29) is 18.6 Å². The quantitative estimate of drug-likeness (QED) is 0.899. The number of carbonyl (C=O) groups excluding carboxylic acids is 1. The molecule has 0 bridgehead atoms. The molecule has 0 aliphatic carbocycles. The van der Waals surface area contributed by atoms with Gasteiger partial charge in [-0.05, 0) is 25.1 Å². The molecule has 1 aliphatic heterocycles. The van der Waals surface area contributed by atoms with E-state index in [1.54, 1.807) is 11.9 Å². The molecule has 1 aliphatic rings. The molecule has 1 heterocycles. The van der Waals surface area contributed by atoms with E-state index in [4.69, 9.17) is 0 Å². The maximum Gasteiger partial charge on any atom is 0.247 e. The van der Waals surface area contributed by atoms with Crippen LogP contribution >= 0.6 is 15.9 Å². The van der Waals surface area contributed by atoms with Crippen LogP contribution < -0.4 is 4.90 Å². The number of benzene rings is 1. The van der Waals surface area contributed by atoms with E-state index < -0.39 is 6.04 Å². The van der Waals surface area contributed by atoms with Crippen molar-refractivity contribution in [3.63, 3.8) is 0 Å². The summed E-state index contributed by atoms with van der Waals surface area (Å²) in [5.74, 6) is -0.0313. The number of rotatable bonds is 2. The Bertz CT molecular complexity index is 452. The first-order valence-electron chi connectivity index (χ1n) is 5.94. The molecule has 0 aromatic heterocycles. The lowest BCUT2D eigenvalue weighted by Gasteiger charge is -2.43. The summed E-state index contributed by atoms with van der Waals surface area (Å²) in [7, 11) is 1.79. The second-order valence-corrected chi connectivity index (χ2v) is 5.54. The van der Waals surface area contributed by atoms with Crippen LogP contribution in [0.2, 0.25) is 0 Å². The zero-order chi connectivity index (χ0) is 13.3. The van der Waals surface area contributed by atoms with Gasteiger partial charge < -0.3 is 14.9 Å². The zero-order valence-electron chi connectivity index (χ0n) is 10.5. The second kappa shape index (κ2) is 5.28. The first-order chi connectivity index (χ1) is 8.54. The zero-order valence-corrected chi connectivity index (χ0v) is 12.1.